The van der Waals surface area contributed by atoms with Gasteiger partial charge < -0.3 is 5.11 Å². The van der Waals surface area contributed by atoms with Crippen molar-refractivity contribution in [2.24, 2.45) is 0 Å². The predicted octanol–water partition coefficient (Wildman–Crippen LogP) is 2.40. The molecule has 0 saturated heterocycles. The van der Waals surface area contributed by atoms with Gasteiger partial charge in [-0.05, 0) is 18.2 Å². The number of hydrogen-bond donors (Lipinski definition) is 1. The van der Waals surface area contributed by atoms with Crippen LogP contribution in [0.5, 0.6) is 0 Å². The Hall–Kier alpha value is -2.64. The van der Waals surface area contributed by atoms with Gasteiger partial charge >= 0.3 is 0 Å². The van der Waals surface area contributed by atoms with Crippen molar-refractivity contribution in [3.05, 3.63) is 81.4 Å². The molecule has 100 valence electrons. The molecule has 0 bridgehead atoms. The van der Waals surface area contributed by atoms with E-state index in [9.17, 15) is 15.2 Å². The molecule has 2 rings (SSSR count). The molecule has 0 unspecified atom stereocenters. The Morgan fingerprint density at radius 1 is 1.05 bits per heavy atom. The van der Waals surface area contributed by atoms with Crippen LogP contribution in [0, 0.1) is 22.0 Å². The minimum Gasteiger partial charge on any atom is -0.381 e. The number of benzene rings is 2. The standard InChI is InChI=1S/C16H13NO3/c18-16(12-17(19)20)15-9-5-4-8-14(15)11-10-13-6-2-1-3-7-13/h1-9,16,18H,12H2/t16-/m0/s1. The molecule has 4 heteroatoms. The smallest absolute Gasteiger partial charge is 0.233 e. The molecule has 2 aromatic carbocycles. The molecule has 0 saturated carbocycles. The van der Waals surface area contributed by atoms with Gasteiger partial charge in [-0.1, -0.05) is 48.2 Å². The lowest BCUT2D eigenvalue weighted by Crippen LogP contribution is -2.12. The van der Waals surface area contributed by atoms with E-state index in [1.807, 2.05) is 30.3 Å². The van der Waals surface area contributed by atoms with Gasteiger partial charge in [0.25, 0.3) is 0 Å². The van der Waals surface area contributed by atoms with E-state index in [2.05, 4.69) is 11.8 Å². The summed E-state index contributed by atoms with van der Waals surface area (Å²) in [7, 11) is 0. The number of hydrogen-bond acceptors (Lipinski definition) is 3. The first-order chi connectivity index (χ1) is 9.66. The molecule has 0 aliphatic heterocycles. The van der Waals surface area contributed by atoms with E-state index in [-0.39, 0.29) is 0 Å². The first-order valence-electron chi connectivity index (χ1n) is 6.12. The zero-order valence-corrected chi connectivity index (χ0v) is 10.7. The maximum atomic E-state index is 10.5. The third kappa shape index (κ3) is 3.67. The van der Waals surface area contributed by atoms with Crippen molar-refractivity contribution < 1.29 is 10.0 Å². The fourth-order valence-electron chi connectivity index (χ4n) is 1.80. The van der Waals surface area contributed by atoms with E-state index in [1.165, 1.54) is 0 Å². The normalized spacial score (nSPS) is 11.2. The fraction of sp³-hybridized carbons (Fsp3) is 0.125. The highest BCUT2D eigenvalue weighted by Crippen LogP contribution is 2.17. The maximum Gasteiger partial charge on any atom is 0.233 e. The van der Waals surface area contributed by atoms with Crippen molar-refractivity contribution in [3.8, 4) is 11.8 Å². The molecular weight excluding hydrogens is 254 g/mol. The van der Waals surface area contributed by atoms with Gasteiger partial charge in [-0.2, -0.15) is 0 Å². The molecule has 0 aromatic heterocycles. The summed E-state index contributed by atoms with van der Waals surface area (Å²) in [6.07, 6.45) is -1.15. The van der Waals surface area contributed by atoms with Crippen LogP contribution in [0.15, 0.2) is 54.6 Å². The SMILES string of the molecule is O=[N+]([O-])C[C@H](O)c1ccccc1C#Cc1ccccc1. The van der Waals surface area contributed by atoms with Crippen LogP contribution in [-0.2, 0) is 0 Å². The van der Waals surface area contributed by atoms with E-state index in [4.69, 9.17) is 0 Å². The highest BCUT2D eigenvalue weighted by Gasteiger charge is 2.16. The Morgan fingerprint density at radius 2 is 1.70 bits per heavy atom. The van der Waals surface area contributed by atoms with Crippen molar-refractivity contribution in [3.63, 3.8) is 0 Å². The van der Waals surface area contributed by atoms with Gasteiger partial charge in [0.1, 0.15) is 6.10 Å². The molecule has 0 spiro atoms. The number of aliphatic hydroxyl groups is 1. The highest BCUT2D eigenvalue weighted by molar-refractivity contribution is 5.47. The van der Waals surface area contributed by atoms with Gasteiger partial charge in [0.05, 0.1) is 0 Å². The van der Waals surface area contributed by atoms with Crippen molar-refractivity contribution in [1.29, 1.82) is 0 Å². The van der Waals surface area contributed by atoms with E-state index >= 15 is 0 Å². The second-order valence-corrected chi connectivity index (χ2v) is 4.23. The van der Waals surface area contributed by atoms with Gasteiger partial charge in [-0.25, -0.2) is 0 Å². The minimum atomic E-state index is -1.15. The average Bonchev–Trinajstić information content (AvgIpc) is 2.46. The molecule has 0 amide bonds. The van der Waals surface area contributed by atoms with Crippen molar-refractivity contribution in [2.75, 3.05) is 6.54 Å². The lowest BCUT2D eigenvalue weighted by Gasteiger charge is -2.08. The van der Waals surface area contributed by atoms with E-state index in [0.29, 0.717) is 11.1 Å². The highest BCUT2D eigenvalue weighted by atomic mass is 16.6. The summed E-state index contributed by atoms with van der Waals surface area (Å²) in [6, 6.07) is 16.3. The Bertz CT molecular complexity index is 656. The summed E-state index contributed by atoms with van der Waals surface area (Å²) < 4.78 is 0. The third-order valence-corrected chi connectivity index (χ3v) is 2.76. The summed E-state index contributed by atoms with van der Waals surface area (Å²) in [4.78, 5) is 9.95. The molecule has 20 heavy (non-hydrogen) atoms. The summed E-state index contributed by atoms with van der Waals surface area (Å²) in [5, 5.41) is 20.3. The molecule has 4 nitrogen and oxygen atoms in total. The molecule has 0 fully saturated rings. The van der Waals surface area contributed by atoms with Gasteiger partial charge in [0.2, 0.25) is 6.54 Å². The van der Waals surface area contributed by atoms with Gasteiger partial charge in [0.15, 0.2) is 0 Å². The van der Waals surface area contributed by atoms with Crippen molar-refractivity contribution in [1.82, 2.24) is 0 Å². The Balaban J connectivity index is 2.29. The summed E-state index contributed by atoms with van der Waals surface area (Å²) in [5.74, 6) is 5.93. The molecule has 0 radical (unpaired) electrons. The largest absolute Gasteiger partial charge is 0.381 e. The third-order valence-electron chi connectivity index (χ3n) is 2.76. The number of aliphatic hydroxyl groups excluding tert-OH is 1. The average molecular weight is 267 g/mol. The van der Waals surface area contributed by atoms with Crippen LogP contribution in [0.3, 0.4) is 0 Å². The van der Waals surface area contributed by atoms with Crippen LogP contribution in [-0.4, -0.2) is 16.6 Å². The Kier molecular flexibility index (Phi) is 4.48. The maximum absolute atomic E-state index is 10.5. The minimum absolute atomic E-state index is 0.479. The van der Waals surface area contributed by atoms with Crippen LogP contribution in [0.25, 0.3) is 0 Å². The molecule has 0 aliphatic carbocycles. The second-order valence-electron chi connectivity index (χ2n) is 4.23. The molecular formula is C16H13NO3. The number of rotatable bonds is 3. The molecule has 2 aromatic rings. The van der Waals surface area contributed by atoms with Crippen molar-refractivity contribution in [2.45, 2.75) is 6.10 Å². The monoisotopic (exact) mass is 267 g/mol. The predicted molar refractivity (Wildman–Crippen MR) is 75.7 cm³/mol. The Labute approximate surface area is 116 Å². The van der Waals surface area contributed by atoms with E-state index in [1.54, 1.807) is 24.3 Å². The van der Waals surface area contributed by atoms with Gasteiger partial charge in [-0.3, -0.25) is 10.1 Å². The first-order valence-corrected chi connectivity index (χ1v) is 6.12. The summed E-state index contributed by atoms with van der Waals surface area (Å²) >= 11 is 0. The Morgan fingerprint density at radius 3 is 2.40 bits per heavy atom. The van der Waals surface area contributed by atoms with Crippen LogP contribution in [0.1, 0.15) is 22.8 Å². The van der Waals surface area contributed by atoms with Gasteiger partial charge in [-0.15, -0.1) is 0 Å². The van der Waals surface area contributed by atoms with Gasteiger partial charge in [0, 0.05) is 21.6 Å². The second kappa shape index (κ2) is 6.50. The van der Waals surface area contributed by atoms with E-state index in [0.717, 1.165) is 5.56 Å². The molecule has 0 heterocycles. The topological polar surface area (TPSA) is 63.4 Å². The van der Waals surface area contributed by atoms with Crippen molar-refractivity contribution >= 4 is 0 Å². The van der Waals surface area contributed by atoms with Crippen LogP contribution < -0.4 is 0 Å². The summed E-state index contributed by atoms with van der Waals surface area (Å²) in [5.41, 5.74) is 1.93. The zero-order valence-electron chi connectivity index (χ0n) is 10.7. The van der Waals surface area contributed by atoms with Crippen LogP contribution in [0.2, 0.25) is 0 Å². The first kappa shape index (κ1) is 13.8. The van der Waals surface area contributed by atoms with E-state index < -0.39 is 17.6 Å². The molecule has 0 aliphatic rings. The fourth-order valence-corrected chi connectivity index (χ4v) is 1.80. The number of nitrogens with zero attached hydrogens (tertiary/aromatic N) is 1. The van der Waals surface area contributed by atoms with Crippen LogP contribution in [0.4, 0.5) is 0 Å². The zero-order chi connectivity index (χ0) is 14.4. The lowest BCUT2D eigenvalue weighted by atomic mass is 10.0. The molecule has 1 atom stereocenters. The quantitative estimate of drug-likeness (QED) is 0.527. The van der Waals surface area contributed by atoms with Crippen LogP contribution >= 0.6 is 0 Å². The lowest BCUT2D eigenvalue weighted by molar-refractivity contribution is -0.491. The molecule has 1 N–H and O–H groups in total. The summed E-state index contributed by atoms with van der Waals surface area (Å²) in [6.45, 7) is -0.524. The number of nitro groups is 1.